The van der Waals surface area contributed by atoms with Crippen LogP contribution in [0.15, 0.2) is 176 Å². The van der Waals surface area contributed by atoms with Gasteiger partial charge in [0.05, 0.1) is 22.1 Å². The van der Waals surface area contributed by atoms with Crippen molar-refractivity contribution in [1.29, 1.82) is 0 Å². The Hall–Kier alpha value is -5.74. The van der Waals surface area contributed by atoms with E-state index in [0.717, 1.165) is 45.0 Å². The zero-order chi connectivity index (χ0) is 35.6. The highest BCUT2D eigenvalue weighted by Gasteiger charge is 2.48. The summed E-state index contributed by atoms with van der Waals surface area (Å²) in [6.07, 6.45) is 0. The molecular formula is C46H39N3OSi3. The van der Waals surface area contributed by atoms with Crippen molar-refractivity contribution in [3.05, 3.63) is 187 Å². The molecule has 9 aromatic rings. The van der Waals surface area contributed by atoms with Gasteiger partial charge in [-0.25, -0.2) is 4.98 Å². The molecule has 7 aromatic carbocycles. The summed E-state index contributed by atoms with van der Waals surface area (Å²) >= 11 is 0. The van der Waals surface area contributed by atoms with Crippen molar-refractivity contribution in [3.8, 4) is 17.2 Å². The van der Waals surface area contributed by atoms with Crippen molar-refractivity contribution < 1.29 is 4.74 Å². The lowest BCUT2D eigenvalue weighted by Gasteiger charge is -2.43. The SMILES string of the molecule is C[SiH2]C1([SiH2]C)c2ccccc2Oc2c1cccc2[Si](c1ccccc1)(c1ccccc1)c1cccc(-n2c3ccccc3n3c4ccccc4nc23)c1. The van der Waals surface area contributed by atoms with Crippen LogP contribution >= 0.6 is 0 Å². The maximum Gasteiger partial charge on any atom is 0.220 e. The maximum absolute atomic E-state index is 7.25. The lowest BCUT2D eigenvalue weighted by molar-refractivity contribution is 0.455. The minimum Gasteiger partial charge on any atom is -0.457 e. The van der Waals surface area contributed by atoms with Crippen molar-refractivity contribution in [1.82, 2.24) is 14.0 Å². The highest BCUT2D eigenvalue weighted by molar-refractivity contribution is 7.20. The number of benzene rings is 7. The Bertz CT molecular complexity index is 2770. The second-order valence-electron chi connectivity index (χ2n) is 14.2. The van der Waals surface area contributed by atoms with E-state index in [2.05, 4.69) is 198 Å². The van der Waals surface area contributed by atoms with E-state index in [1.807, 2.05) is 0 Å². The quantitative estimate of drug-likeness (QED) is 0.138. The van der Waals surface area contributed by atoms with Crippen LogP contribution in [0.3, 0.4) is 0 Å². The normalized spacial score (nSPS) is 15.8. The molecule has 2 aromatic heterocycles. The van der Waals surface area contributed by atoms with Gasteiger partial charge in [-0.05, 0) is 74.3 Å². The van der Waals surface area contributed by atoms with Crippen LogP contribution in [0.1, 0.15) is 11.1 Å². The van der Waals surface area contributed by atoms with E-state index >= 15 is 0 Å². The highest BCUT2D eigenvalue weighted by atomic mass is 28.3. The van der Waals surface area contributed by atoms with Gasteiger partial charge >= 0.3 is 0 Å². The fraction of sp³-hybridized carbons (Fsp3) is 0.0652. The van der Waals surface area contributed by atoms with Gasteiger partial charge in [0, 0.05) is 29.4 Å². The molecule has 256 valence electrons. The summed E-state index contributed by atoms with van der Waals surface area (Å²) in [7, 11) is -4.05. The van der Waals surface area contributed by atoms with Crippen LogP contribution in [0.2, 0.25) is 13.1 Å². The van der Waals surface area contributed by atoms with E-state index in [1.165, 1.54) is 31.9 Å². The summed E-state index contributed by atoms with van der Waals surface area (Å²) in [6, 6.07) is 64.9. The standard InChI is InChI=1S/C46H39N3OSi3/c1-51-46(52-2)36-23-9-14-29-42(36)50-44-37(46)24-16-30-43(44)53(33-18-5-3-6-19-33,34-20-7-4-8-21-34)35-22-15-17-32(31-35)48-40-27-12-13-28-41(40)49-39-26-11-10-25-38(39)47-45(48)49/h3-31H,51-52H2,1-2H3. The van der Waals surface area contributed by atoms with Crippen molar-refractivity contribution in [2.45, 2.75) is 17.8 Å². The van der Waals surface area contributed by atoms with Gasteiger partial charge in [-0.2, -0.15) is 0 Å². The second-order valence-corrected chi connectivity index (χ2v) is 22.8. The first-order valence-electron chi connectivity index (χ1n) is 18.7. The average molecular weight is 734 g/mol. The van der Waals surface area contributed by atoms with E-state index in [9.17, 15) is 0 Å². The molecule has 1 aliphatic heterocycles. The molecule has 0 amide bonds. The molecule has 10 rings (SSSR count). The Morgan fingerprint density at radius 2 is 1.13 bits per heavy atom. The number of hydrogen-bond acceptors (Lipinski definition) is 2. The van der Waals surface area contributed by atoms with Crippen molar-refractivity contribution in [3.63, 3.8) is 0 Å². The Balaban J connectivity index is 1.32. The van der Waals surface area contributed by atoms with Crippen molar-refractivity contribution in [2.24, 2.45) is 0 Å². The molecule has 0 radical (unpaired) electrons. The topological polar surface area (TPSA) is 31.5 Å². The van der Waals surface area contributed by atoms with Gasteiger partial charge in [0.2, 0.25) is 5.78 Å². The lowest BCUT2D eigenvalue weighted by Crippen LogP contribution is -2.75. The average Bonchev–Trinajstić information content (AvgIpc) is 3.76. The van der Waals surface area contributed by atoms with Gasteiger partial charge in [-0.3, -0.25) is 8.97 Å². The number of imidazole rings is 2. The lowest BCUT2D eigenvalue weighted by atomic mass is 9.98. The van der Waals surface area contributed by atoms with E-state index in [0.29, 0.717) is 0 Å². The van der Waals surface area contributed by atoms with Crippen LogP contribution in [-0.2, 0) is 4.66 Å². The number of aromatic nitrogens is 3. The van der Waals surface area contributed by atoms with Gasteiger partial charge in [-0.15, -0.1) is 0 Å². The number of para-hydroxylation sites is 6. The molecule has 0 bridgehead atoms. The Morgan fingerprint density at radius 3 is 1.87 bits per heavy atom. The maximum atomic E-state index is 7.25. The predicted molar refractivity (Wildman–Crippen MR) is 229 cm³/mol. The molecule has 53 heavy (non-hydrogen) atoms. The molecule has 0 atom stereocenters. The number of hydrogen-bond donors (Lipinski definition) is 0. The number of rotatable bonds is 7. The molecular weight excluding hydrogens is 695 g/mol. The van der Waals surface area contributed by atoms with Crippen LogP contribution in [0.25, 0.3) is 33.5 Å². The van der Waals surface area contributed by atoms with E-state index < -0.39 is 27.1 Å². The predicted octanol–water partition coefficient (Wildman–Crippen LogP) is 6.55. The van der Waals surface area contributed by atoms with Crippen molar-refractivity contribution in [2.75, 3.05) is 0 Å². The molecule has 0 unspecified atom stereocenters. The number of fused-ring (bicyclic) bond motifs is 7. The Kier molecular flexibility index (Phi) is 7.50. The minimum atomic E-state index is -3.03. The molecule has 7 heteroatoms. The van der Waals surface area contributed by atoms with E-state index in [1.54, 1.807) is 0 Å². The molecule has 3 heterocycles. The monoisotopic (exact) mass is 733 g/mol. The van der Waals surface area contributed by atoms with Gasteiger partial charge in [-0.1, -0.05) is 147 Å². The zero-order valence-corrected chi connectivity index (χ0v) is 33.7. The molecule has 0 fully saturated rings. The van der Waals surface area contributed by atoms with Gasteiger partial charge in [0.25, 0.3) is 0 Å². The van der Waals surface area contributed by atoms with Crippen LogP contribution in [-0.4, -0.2) is 41.1 Å². The summed E-state index contributed by atoms with van der Waals surface area (Å²) in [5.41, 5.74) is 8.28. The first kappa shape index (κ1) is 32.0. The third-order valence-electron chi connectivity index (χ3n) is 11.8. The van der Waals surface area contributed by atoms with E-state index in [-0.39, 0.29) is 4.66 Å². The Morgan fingerprint density at radius 1 is 0.547 bits per heavy atom. The largest absolute Gasteiger partial charge is 0.457 e. The molecule has 0 saturated heterocycles. The smallest absolute Gasteiger partial charge is 0.220 e. The molecule has 0 N–H and O–H groups in total. The zero-order valence-electron chi connectivity index (χ0n) is 29.9. The molecule has 0 saturated carbocycles. The fourth-order valence-electron chi connectivity index (χ4n) is 9.36. The summed E-state index contributed by atoms with van der Waals surface area (Å²) < 4.78 is 12.0. The van der Waals surface area contributed by atoms with E-state index in [4.69, 9.17) is 9.72 Å². The number of ether oxygens (including phenoxy) is 1. The Labute approximate surface area is 315 Å². The number of nitrogens with zero attached hydrogens (tertiary/aromatic N) is 3. The molecule has 0 spiro atoms. The van der Waals surface area contributed by atoms with Crippen LogP contribution < -0.4 is 25.5 Å². The van der Waals surface area contributed by atoms with Crippen LogP contribution in [0.5, 0.6) is 11.5 Å². The van der Waals surface area contributed by atoms with Gasteiger partial charge < -0.3 is 4.74 Å². The fourth-order valence-corrected chi connectivity index (χ4v) is 18.9. The van der Waals surface area contributed by atoms with Crippen LogP contribution in [0, 0.1) is 0 Å². The first-order chi connectivity index (χ1) is 26.2. The van der Waals surface area contributed by atoms with Crippen LogP contribution in [0.4, 0.5) is 0 Å². The third kappa shape index (κ3) is 4.54. The minimum absolute atomic E-state index is 0.119. The van der Waals surface area contributed by atoms with Gasteiger partial charge in [0.1, 0.15) is 11.5 Å². The summed E-state index contributed by atoms with van der Waals surface area (Å²) in [6.45, 7) is 5.00. The molecule has 0 aliphatic carbocycles. The summed E-state index contributed by atoms with van der Waals surface area (Å²) in [5.74, 6) is 3.02. The molecule has 1 aliphatic rings. The third-order valence-corrected chi connectivity index (χ3v) is 23.5. The van der Waals surface area contributed by atoms with Gasteiger partial charge in [0.15, 0.2) is 8.07 Å². The summed E-state index contributed by atoms with van der Waals surface area (Å²) in [4.78, 5) is 5.23. The van der Waals surface area contributed by atoms with Crippen molar-refractivity contribution >= 4 is 75.7 Å². The highest BCUT2D eigenvalue weighted by Crippen LogP contribution is 2.47. The summed E-state index contributed by atoms with van der Waals surface area (Å²) in [5, 5.41) is 5.29. The first-order valence-corrected chi connectivity index (χ1v) is 24.9. The second kappa shape index (κ2) is 12.4. The molecule has 4 nitrogen and oxygen atoms in total.